The van der Waals surface area contributed by atoms with Crippen molar-refractivity contribution in [2.75, 3.05) is 0 Å². The fourth-order valence-corrected chi connectivity index (χ4v) is 2.64. The van der Waals surface area contributed by atoms with E-state index in [4.69, 9.17) is 0 Å². The number of sulfonamides is 1. The first kappa shape index (κ1) is 24.2. The Morgan fingerprint density at radius 2 is 0.893 bits per heavy atom. The number of benzene rings is 1. The minimum absolute atomic E-state index is 1.77. The lowest BCUT2D eigenvalue weighted by molar-refractivity contribution is -0.427. The molecule has 1 aromatic carbocycles. The van der Waals surface area contributed by atoms with Crippen LogP contribution in [0.15, 0.2) is 0 Å². The molecule has 3 nitrogen and oxygen atoms in total. The predicted molar refractivity (Wildman–Crippen MR) is 57.6 cm³/mol. The zero-order chi connectivity index (χ0) is 22.7. The van der Waals surface area contributed by atoms with Crippen LogP contribution < -0.4 is 4.72 Å². The quantitative estimate of drug-likeness (QED) is 0.314. The Bertz CT molecular complexity index is 861. The maximum atomic E-state index is 13.4. The van der Waals surface area contributed by atoms with Crippen LogP contribution in [0.2, 0.25) is 0 Å². The predicted octanol–water partition coefficient (Wildman–Crippen LogP) is 3.33. The van der Waals surface area contributed by atoms with Crippen molar-refractivity contribution in [3.63, 3.8) is 0 Å². The van der Waals surface area contributed by atoms with Crippen LogP contribution in [0, 0.1) is 29.1 Å². The van der Waals surface area contributed by atoms with E-state index in [1.807, 2.05) is 0 Å². The Morgan fingerprint density at radius 3 is 1.21 bits per heavy atom. The number of quaternary nitrogens is 1. The first-order chi connectivity index (χ1) is 12.1. The molecule has 0 saturated heterocycles. The summed E-state index contributed by atoms with van der Waals surface area (Å²) in [6.07, 6.45) is -7.42. The molecule has 0 aliphatic heterocycles. The van der Waals surface area contributed by atoms with Crippen molar-refractivity contribution in [1.29, 1.82) is 0 Å². The molecule has 0 heterocycles. The Labute approximate surface area is 144 Å². The monoisotopic (exact) mass is 466 g/mol. The molecule has 0 aliphatic carbocycles. The Morgan fingerprint density at radius 1 is 0.571 bits per heavy atom. The highest BCUT2D eigenvalue weighted by Gasteiger charge is 2.86. The summed E-state index contributed by atoms with van der Waals surface area (Å²) in [6.45, 7) is 0. The van der Waals surface area contributed by atoms with E-state index >= 15 is 0 Å². The summed E-state index contributed by atoms with van der Waals surface area (Å²) in [5, 5.41) is -7.40. The summed E-state index contributed by atoms with van der Waals surface area (Å²) in [5.74, 6) is -30.6. The number of nitrogens with two attached hydrogens (primary N) is 1. The van der Waals surface area contributed by atoms with E-state index in [2.05, 4.69) is 0 Å². The van der Waals surface area contributed by atoms with E-state index in [9.17, 15) is 69.9 Å². The molecule has 1 aromatic rings. The second-order valence-electron chi connectivity index (χ2n) is 4.81. The van der Waals surface area contributed by atoms with Gasteiger partial charge in [0.2, 0.25) is 34.8 Å². The van der Waals surface area contributed by atoms with Crippen molar-refractivity contribution >= 4 is 15.7 Å². The maximum Gasteiger partial charge on any atom is 0.464 e. The molecule has 18 heteroatoms. The minimum atomic E-state index is -7.75. The molecular weight excluding hydrogens is 464 g/mol. The summed E-state index contributed by atoms with van der Waals surface area (Å²) in [5.41, 5.74) is -2.80. The van der Waals surface area contributed by atoms with Crippen LogP contribution in [0.1, 0.15) is 0 Å². The number of hydrogen-bond donors (Lipinski definition) is 1. The van der Waals surface area contributed by atoms with Gasteiger partial charge in [0.05, 0.1) is 0 Å². The van der Waals surface area contributed by atoms with Crippen LogP contribution in [0.3, 0.4) is 0 Å². The third kappa shape index (κ3) is 3.25. The van der Waals surface area contributed by atoms with Gasteiger partial charge in [-0.25, -0.2) is 13.2 Å². The normalized spacial score (nSPS) is 14.5. The molecule has 0 atom stereocenters. The zero-order valence-corrected chi connectivity index (χ0v) is 12.9. The van der Waals surface area contributed by atoms with Gasteiger partial charge in [0, 0.05) is 0 Å². The highest BCUT2D eigenvalue weighted by molar-refractivity contribution is 7.86. The van der Waals surface area contributed by atoms with Gasteiger partial charge in [-0.1, -0.05) is 0 Å². The maximum absolute atomic E-state index is 13.4. The minimum Gasteiger partial charge on any atom is -0.200 e. The molecule has 0 saturated carbocycles. The van der Waals surface area contributed by atoms with Crippen LogP contribution in [0.4, 0.5) is 67.2 Å². The number of primary sulfonamides is 1. The van der Waals surface area contributed by atoms with Gasteiger partial charge >= 0.3 is 33.3 Å². The molecule has 1 rings (SSSR count). The SMILES string of the molecule is O=S(=O)([NH2+]c1c(F)c(F)c(F)c(F)c1F)C(F)(F)C(F)(F)C(F)(F)C(F)(F)F. The van der Waals surface area contributed by atoms with E-state index in [0.717, 1.165) is 0 Å². The van der Waals surface area contributed by atoms with Crippen molar-refractivity contribution in [1.82, 2.24) is 0 Å². The van der Waals surface area contributed by atoms with Crippen molar-refractivity contribution < 1.29 is 74.6 Å². The molecule has 0 amide bonds. The lowest BCUT2D eigenvalue weighted by Crippen LogP contribution is -2.88. The van der Waals surface area contributed by atoms with Crippen molar-refractivity contribution in [3.05, 3.63) is 29.1 Å². The van der Waals surface area contributed by atoms with Gasteiger partial charge in [0.15, 0.2) is 0 Å². The number of rotatable bonds is 5. The number of hydrogen-bond acceptors (Lipinski definition) is 2. The molecule has 28 heavy (non-hydrogen) atoms. The van der Waals surface area contributed by atoms with Gasteiger partial charge in [0.1, 0.15) is 0 Å². The van der Waals surface area contributed by atoms with E-state index in [1.165, 1.54) is 0 Å². The molecule has 0 unspecified atom stereocenters. The third-order valence-electron chi connectivity index (χ3n) is 2.99. The summed E-state index contributed by atoms with van der Waals surface area (Å²) < 4.78 is 200. The summed E-state index contributed by atoms with van der Waals surface area (Å²) in [6, 6.07) is 0. The standard InChI is InChI=1S/C10HF14NO2S/c11-1-2(12)4(14)6(5(15)3(1)13)25-28(26,27)10(23,24)8(18,19)7(16,17)9(20,21)22/h25H/p+1. The number of halogens is 14. The lowest BCUT2D eigenvalue weighted by atomic mass is 10.1. The Kier molecular flexibility index (Phi) is 5.70. The third-order valence-corrected chi connectivity index (χ3v) is 4.51. The fourth-order valence-electron chi connectivity index (χ4n) is 1.49. The first-order valence-electron chi connectivity index (χ1n) is 5.96. The van der Waals surface area contributed by atoms with Crippen LogP contribution in [-0.4, -0.2) is 31.7 Å². The molecule has 0 spiro atoms. The molecule has 2 N–H and O–H groups in total. The van der Waals surface area contributed by atoms with E-state index in [1.54, 1.807) is 0 Å². The first-order valence-corrected chi connectivity index (χ1v) is 7.50. The van der Waals surface area contributed by atoms with Crippen LogP contribution >= 0.6 is 0 Å². The van der Waals surface area contributed by atoms with Gasteiger partial charge in [0.25, 0.3) is 0 Å². The van der Waals surface area contributed by atoms with Crippen LogP contribution in [0.5, 0.6) is 0 Å². The second kappa shape index (κ2) is 6.60. The van der Waals surface area contributed by atoms with Crippen LogP contribution in [0.25, 0.3) is 0 Å². The summed E-state index contributed by atoms with van der Waals surface area (Å²) >= 11 is 0. The van der Waals surface area contributed by atoms with E-state index in [0.29, 0.717) is 0 Å². The van der Waals surface area contributed by atoms with Gasteiger partial charge in [-0.2, -0.15) is 61.4 Å². The van der Waals surface area contributed by atoms with Gasteiger partial charge < -0.3 is 0 Å². The smallest absolute Gasteiger partial charge is 0.200 e. The second-order valence-corrected chi connectivity index (χ2v) is 6.65. The van der Waals surface area contributed by atoms with Gasteiger partial charge in [-0.15, -0.1) is 0 Å². The van der Waals surface area contributed by atoms with E-state index in [-0.39, 0.29) is 0 Å². The van der Waals surface area contributed by atoms with Gasteiger partial charge in [-0.3, -0.25) is 0 Å². The molecule has 0 aromatic heterocycles. The lowest BCUT2D eigenvalue weighted by Gasteiger charge is -2.31. The Hall–Kier alpha value is -1.85. The highest BCUT2D eigenvalue weighted by Crippen LogP contribution is 2.54. The largest absolute Gasteiger partial charge is 0.464 e. The molecular formula is C10H2F14NO2S+. The topological polar surface area (TPSA) is 50.8 Å². The fraction of sp³-hybridized carbons (Fsp3) is 0.400. The summed E-state index contributed by atoms with van der Waals surface area (Å²) in [4.78, 5) is 0. The van der Waals surface area contributed by atoms with E-state index < -0.39 is 72.8 Å². The van der Waals surface area contributed by atoms with Crippen molar-refractivity contribution in [2.24, 2.45) is 0 Å². The molecule has 0 aliphatic rings. The molecule has 0 fully saturated rings. The molecule has 0 bridgehead atoms. The van der Waals surface area contributed by atoms with Crippen molar-refractivity contribution in [2.45, 2.75) is 23.3 Å². The van der Waals surface area contributed by atoms with Crippen LogP contribution in [-0.2, 0) is 10.0 Å². The number of alkyl halides is 9. The van der Waals surface area contributed by atoms with Gasteiger partial charge in [-0.05, 0) is 0 Å². The highest BCUT2D eigenvalue weighted by atomic mass is 32.2. The zero-order valence-electron chi connectivity index (χ0n) is 12.1. The van der Waals surface area contributed by atoms with Crippen molar-refractivity contribution in [3.8, 4) is 0 Å². The average Bonchev–Trinajstić information content (AvgIpc) is 2.53. The molecule has 0 radical (unpaired) electrons. The Balaban J connectivity index is 3.62. The molecule has 162 valence electrons. The average molecular weight is 466 g/mol. The summed E-state index contributed by atoms with van der Waals surface area (Å²) in [7, 11) is -7.53.